The fourth-order valence-corrected chi connectivity index (χ4v) is 4.24. The van der Waals surface area contributed by atoms with E-state index in [1.807, 2.05) is 0 Å². The maximum absolute atomic E-state index is 13.6. The molecule has 0 spiro atoms. The summed E-state index contributed by atoms with van der Waals surface area (Å²) in [7, 11) is -4.17. The van der Waals surface area contributed by atoms with Gasteiger partial charge in [-0.05, 0) is 31.2 Å². The molecule has 3 rings (SSSR count). The van der Waals surface area contributed by atoms with Gasteiger partial charge in [0.15, 0.2) is 11.6 Å². The van der Waals surface area contributed by atoms with Crippen LogP contribution < -0.4 is 5.43 Å². The van der Waals surface area contributed by atoms with Crippen molar-refractivity contribution in [1.82, 2.24) is 4.57 Å². The summed E-state index contributed by atoms with van der Waals surface area (Å²) in [5.74, 6) is -2.33. The molecule has 0 N–H and O–H groups in total. The molecule has 2 aromatic carbocycles. The number of hydrogen-bond donors (Lipinski definition) is 0. The average molecular weight is 384 g/mol. The number of pyridine rings is 1. The highest BCUT2D eigenvalue weighted by Gasteiger charge is 2.24. The molecule has 0 amide bonds. The average Bonchev–Trinajstić information content (AvgIpc) is 2.57. The third kappa shape index (κ3) is 2.94. The molecule has 4 nitrogen and oxygen atoms in total. The lowest BCUT2D eigenvalue weighted by Gasteiger charge is -2.12. The van der Waals surface area contributed by atoms with E-state index in [2.05, 4.69) is 0 Å². The number of rotatable bonds is 3. The molecular weight excluding hydrogens is 372 g/mol. The number of aromatic nitrogens is 1. The zero-order chi connectivity index (χ0) is 18.4. The molecule has 0 radical (unpaired) electrons. The maximum atomic E-state index is 13.6. The van der Waals surface area contributed by atoms with Crippen LogP contribution in [-0.2, 0) is 16.4 Å². The van der Waals surface area contributed by atoms with E-state index in [1.54, 1.807) is 6.92 Å². The highest BCUT2D eigenvalue weighted by Crippen LogP contribution is 2.24. The summed E-state index contributed by atoms with van der Waals surface area (Å²) in [5.41, 5.74) is -0.769. The van der Waals surface area contributed by atoms with Gasteiger partial charge in [0.1, 0.15) is 4.90 Å². The Morgan fingerprint density at radius 2 is 1.80 bits per heavy atom. The molecule has 0 saturated carbocycles. The van der Waals surface area contributed by atoms with Crippen molar-refractivity contribution in [2.45, 2.75) is 23.3 Å². The molecule has 0 saturated heterocycles. The smallest absolute Gasteiger partial charge is 0.211 e. The second-order valence-electron chi connectivity index (χ2n) is 5.35. The first-order valence-electron chi connectivity index (χ1n) is 7.28. The first kappa shape index (κ1) is 17.6. The van der Waals surface area contributed by atoms with Crippen molar-refractivity contribution in [2.75, 3.05) is 0 Å². The van der Waals surface area contributed by atoms with Crippen LogP contribution in [0.3, 0.4) is 0 Å². The predicted octanol–water partition coefficient (Wildman–Crippen LogP) is 3.79. The number of hydrogen-bond acceptors (Lipinski definition) is 3. The van der Waals surface area contributed by atoms with Crippen molar-refractivity contribution in [3.05, 3.63) is 69.5 Å². The summed E-state index contributed by atoms with van der Waals surface area (Å²) in [6.45, 7) is 1.96. The van der Waals surface area contributed by atoms with Crippen LogP contribution in [0, 0.1) is 11.6 Å². The fourth-order valence-electron chi connectivity index (χ4n) is 2.57. The van der Waals surface area contributed by atoms with E-state index in [-0.39, 0.29) is 27.4 Å². The monoisotopic (exact) mass is 383 g/mol. The number of benzene rings is 2. The lowest BCUT2D eigenvalue weighted by atomic mass is 10.2. The Morgan fingerprint density at radius 3 is 2.44 bits per heavy atom. The minimum atomic E-state index is -4.17. The molecule has 3 aromatic rings. The van der Waals surface area contributed by atoms with Crippen LogP contribution in [0.5, 0.6) is 0 Å². The van der Waals surface area contributed by atoms with Crippen molar-refractivity contribution >= 4 is 32.3 Å². The molecule has 25 heavy (non-hydrogen) atoms. The van der Waals surface area contributed by atoms with E-state index in [0.29, 0.717) is 0 Å². The Kier molecular flexibility index (Phi) is 4.38. The van der Waals surface area contributed by atoms with Gasteiger partial charge in [0, 0.05) is 23.8 Å². The summed E-state index contributed by atoms with van der Waals surface area (Å²) in [5, 5.41) is -0.00495. The van der Waals surface area contributed by atoms with Crippen molar-refractivity contribution in [3.63, 3.8) is 0 Å². The highest BCUT2D eigenvalue weighted by molar-refractivity contribution is 7.91. The van der Waals surface area contributed by atoms with E-state index in [9.17, 15) is 22.0 Å². The number of nitrogens with zero attached hydrogens (tertiary/aromatic N) is 1. The van der Waals surface area contributed by atoms with Crippen LogP contribution in [-0.4, -0.2) is 13.0 Å². The van der Waals surface area contributed by atoms with E-state index < -0.39 is 31.8 Å². The number of sulfone groups is 1. The molecule has 1 heterocycles. The van der Waals surface area contributed by atoms with Gasteiger partial charge in [0.05, 0.1) is 15.8 Å². The van der Waals surface area contributed by atoms with Gasteiger partial charge in [-0.2, -0.15) is 0 Å². The van der Waals surface area contributed by atoms with Gasteiger partial charge >= 0.3 is 0 Å². The molecule has 0 aliphatic heterocycles. The summed E-state index contributed by atoms with van der Waals surface area (Å²) in [6.07, 6.45) is 1.14. The van der Waals surface area contributed by atoms with Crippen molar-refractivity contribution < 1.29 is 17.2 Å². The minimum Gasteiger partial charge on any atom is -0.346 e. The molecular formula is C17H12ClF2NO3S. The van der Waals surface area contributed by atoms with Crippen LogP contribution in [0.25, 0.3) is 10.9 Å². The first-order valence-corrected chi connectivity index (χ1v) is 9.14. The molecule has 0 fully saturated rings. The SMILES string of the molecule is CCn1cc(S(=O)(=O)c2cccc(Cl)c2)c(=O)c2cc(F)c(F)cc21. The number of aryl methyl sites for hydroxylation is 1. The molecule has 0 aliphatic carbocycles. The molecule has 0 aliphatic rings. The molecule has 0 atom stereocenters. The molecule has 8 heteroatoms. The van der Waals surface area contributed by atoms with Crippen molar-refractivity contribution in [2.24, 2.45) is 0 Å². The Bertz CT molecular complexity index is 1160. The van der Waals surface area contributed by atoms with Crippen molar-refractivity contribution in [3.8, 4) is 0 Å². The van der Waals surface area contributed by atoms with E-state index >= 15 is 0 Å². The Balaban J connectivity index is 2.39. The second-order valence-corrected chi connectivity index (χ2v) is 7.71. The molecule has 0 bridgehead atoms. The van der Waals surface area contributed by atoms with Crippen LogP contribution in [0.2, 0.25) is 5.02 Å². The van der Waals surface area contributed by atoms with Gasteiger partial charge in [0.25, 0.3) is 0 Å². The van der Waals surface area contributed by atoms with Gasteiger partial charge < -0.3 is 4.57 Å². The third-order valence-corrected chi connectivity index (χ3v) is 5.81. The van der Waals surface area contributed by atoms with Crippen molar-refractivity contribution in [1.29, 1.82) is 0 Å². The van der Waals surface area contributed by atoms with Crippen LogP contribution in [0.1, 0.15) is 6.92 Å². The Hall–Kier alpha value is -2.25. The molecule has 130 valence electrons. The molecule has 0 unspecified atom stereocenters. The van der Waals surface area contributed by atoms with E-state index in [4.69, 9.17) is 11.6 Å². The zero-order valence-corrected chi connectivity index (χ0v) is 14.5. The number of fused-ring (bicyclic) bond motifs is 1. The van der Waals surface area contributed by atoms with E-state index in [1.165, 1.54) is 28.8 Å². The summed E-state index contributed by atoms with van der Waals surface area (Å²) in [4.78, 5) is 12.0. The summed E-state index contributed by atoms with van der Waals surface area (Å²) >= 11 is 5.83. The minimum absolute atomic E-state index is 0.122. The first-order chi connectivity index (χ1) is 11.8. The van der Waals surface area contributed by atoms with Gasteiger partial charge in [-0.15, -0.1) is 0 Å². The van der Waals surface area contributed by atoms with Gasteiger partial charge in [-0.3, -0.25) is 4.79 Å². The van der Waals surface area contributed by atoms with Crippen LogP contribution in [0.15, 0.2) is 57.2 Å². The van der Waals surface area contributed by atoms with Crippen LogP contribution in [0.4, 0.5) is 8.78 Å². The predicted molar refractivity (Wildman–Crippen MR) is 90.7 cm³/mol. The Labute approximate surface area is 147 Å². The zero-order valence-electron chi connectivity index (χ0n) is 13.0. The van der Waals surface area contributed by atoms with Gasteiger partial charge in [-0.25, -0.2) is 17.2 Å². The quantitative estimate of drug-likeness (QED) is 0.691. The summed E-state index contributed by atoms with van der Waals surface area (Å²) < 4.78 is 54.1. The summed E-state index contributed by atoms with van der Waals surface area (Å²) in [6, 6.07) is 7.09. The fraction of sp³-hybridized carbons (Fsp3) is 0.118. The highest BCUT2D eigenvalue weighted by atomic mass is 35.5. The van der Waals surface area contributed by atoms with E-state index in [0.717, 1.165) is 18.3 Å². The maximum Gasteiger partial charge on any atom is 0.211 e. The van der Waals surface area contributed by atoms with Gasteiger partial charge in [0.2, 0.25) is 15.3 Å². The van der Waals surface area contributed by atoms with Crippen LogP contribution >= 0.6 is 11.6 Å². The largest absolute Gasteiger partial charge is 0.346 e. The lowest BCUT2D eigenvalue weighted by molar-refractivity contribution is 0.510. The lowest BCUT2D eigenvalue weighted by Crippen LogP contribution is -2.19. The number of halogens is 3. The second kappa shape index (κ2) is 6.24. The normalized spacial score (nSPS) is 11.8. The third-order valence-electron chi connectivity index (χ3n) is 3.83. The Morgan fingerprint density at radius 1 is 1.12 bits per heavy atom. The topological polar surface area (TPSA) is 56.1 Å². The molecule has 1 aromatic heterocycles. The van der Waals surface area contributed by atoms with Gasteiger partial charge in [-0.1, -0.05) is 17.7 Å². The standard InChI is InChI=1S/C17H12ClF2NO3S/c1-2-21-9-16(25(23,24)11-5-3-4-10(18)6-11)17(22)12-7-13(19)14(20)8-15(12)21/h3-9H,2H2,1H3.